The van der Waals surface area contributed by atoms with Gasteiger partial charge in [0, 0.05) is 31.9 Å². The zero-order chi connectivity index (χ0) is 14.8. The number of hydrogen-bond donors (Lipinski definition) is 0. The van der Waals surface area contributed by atoms with E-state index in [1.807, 2.05) is 24.3 Å². The summed E-state index contributed by atoms with van der Waals surface area (Å²) in [6.07, 6.45) is 8.30. The lowest BCUT2D eigenvalue weighted by atomic mass is 10.1. The molecule has 0 radical (unpaired) electrons. The summed E-state index contributed by atoms with van der Waals surface area (Å²) in [5.74, 6) is 1.72. The molecule has 1 fully saturated rings. The fourth-order valence-corrected chi connectivity index (χ4v) is 3.15. The third-order valence-electron chi connectivity index (χ3n) is 4.01. The third kappa shape index (κ3) is 3.15. The molecule has 0 amide bonds. The van der Waals surface area contributed by atoms with Crippen LogP contribution in [0.4, 0.5) is 0 Å². The quantitative estimate of drug-likeness (QED) is 0.844. The minimum absolute atomic E-state index is 0.381. The molecule has 1 aliphatic heterocycles. The first-order chi connectivity index (χ1) is 10.1. The Morgan fingerprint density at radius 1 is 1.38 bits per heavy atom. The Morgan fingerprint density at radius 2 is 2.24 bits per heavy atom. The van der Waals surface area contributed by atoms with Gasteiger partial charge in [-0.1, -0.05) is 13.8 Å². The van der Waals surface area contributed by atoms with E-state index in [4.69, 9.17) is 0 Å². The van der Waals surface area contributed by atoms with Gasteiger partial charge in [0.2, 0.25) is 0 Å². The zero-order valence-corrected chi connectivity index (χ0v) is 13.1. The first-order valence-electron chi connectivity index (χ1n) is 7.72. The van der Waals surface area contributed by atoms with Crippen molar-refractivity contribution in [1.82, 2.24) is 29.4 Å². The number of rotatable bonds is 5. The van der Waals surface area contributed by atoms with E-state index in [1.165, 1.54) is 12.0 Å². The van der Waals surface area contributed by atoms with Crippen molar-refractivity contribution in [2.75, 3.05) is 6.54 Å². The third-order valence-corrected chi connectivity index (χ3v) is 4.01. The molecule has 1 aliphatic rings. The van der Waals surface area contributed by atoms with Crippen LogP contribution in [-0.2, 0) is 20.1 Å². The van der Waals surface area contributed by atoms with Crippen LogP contribution in [0.1, 0.15) is 44.1 Å². The van der Waals surface area contributed by atoms with Gasteiger partial charge in [0.15, 0.2) is 0 Å². The summed E-state index contributed by atoms with van der Waals surface area (Å²) in [4.78, 5) is 2.50. The molecule has 0 aliphatic carbocycles. The maximum Gasteiger partial charge on any atom is 0.150 e. The molecule has 1 saturated heterocycles. The van der Waals surface area contributed by atoms with Crippen molar-refractivity contribution in [2.24, 2.45) is 13.0 Å². The largest absolute Gasteiger partial charge is 0.316 e. The van der Waals surface area contributed by atoms with Gasteiger partial charge in [-0.05, 0) is 25.3 Å². The second kappa shape index (κ2) is 5.97. The fraction of sp³-hybridized carbons (Fsp3) is 0.667. The van der Waals surface area contributed by atoms with Gasteiger partial charge >= 0.3 is 0 Å². The van der Waals surface area contributed by atoms with Crippen molar-refractivity contribution in [3.05, 3.63) is 30.1 Å². The molecule has 0 N–H and O–H groups in total. The van der Waals surface area contributed by atoms with Crippen LogP contribution < -0.4 is 0 Å². The number of nitrogens with zero attached hydrogens (tertiary/aromatic N) is 6. The Balaban J connectivity index is 1.76. The fourth-order valence-electron chi connectivity index (χ4n) is 3.15. The molecule has 2 aromatic heterocycles. The highest BCUT2D eigenvalue weighted by Gasteiger charge is 2.30. The summed E-state index contributed by atoms with van der Waals surface area (Å²) < 4.78 is 4.08. The Kier molecular flexibility index (Phi) is 4.05. The number of aryl methyl sites for hydroxylation is 1. The highest BCUT2D eigenvalue weighted by molar-refractivity contribution is 5.07. The molecule has 0 saturated carbocycles. The van der Waals surface area contributed by atoms with E-state index >= 15 is 0 Å². The highest BCUT2D eigenvalue weighted by atomic mass is 15.3. The van der Waals surface area contributed by atoms with Crippen molar-refractivity contribution < 1.29 is 0 Å². The Bertz CT molecular complexity index is 585. The lowest BCUT2D eigenvalue weighted by molar-refractivity contribution is 0.233. The van der Waals surface area contributed by atoms with E-state index in [1.54, 1.807) is 0 Å². The number of hydrogen-bond acceptors (Lipinski definition) is 4. The van der Waals surface area contributed by atoms with Gasteiger partial charge in [-0.2, -0.15) is 5.10 Å². The summed E-state index contributed by atoms with van der Waals surface area (Å²) in [7, 11) is 1.96. The Morgan fingerprint density at radius 3 is 2.95 bits per heavy atom. The van der Waals surface area contributed by atoms with E-state index in [0.717, 1.165) is 31.9 Å². The predicted molar refractivity (Wildman–Crippen MR) is 80.5 cm³/mol. The maximum absolute atomic E-state index is 4.40. The smallest absolute Gasteiger partial charge is 0.150 e. The van der Waals surface area contributed by atoms with Crippen molar-refractivity contribution in [3.63, 3.8) is 0 Å². The molecular weight excluding hydrogens is 264 g/mol. The standard InChI is InChI=1S/C15H24N6/c1-12(2)8-21-11-16-18-15(21)14-5-4-6-20(14)10-13-7-17-19(3)9-13/h7,9,11-12,14H,4-6,8,10H2,1-3H3/t14-/m0/s1. The lowest BCUT2D eigenvalue weighted by Crippen LogP contribution is -2.25. The van der Waals surface area contributed by atoms with Crippen LogP contribution in [0, 0.1) is 5.92 Å². The van der Waals surface area contributed by atoms with Crippen LogP contribution in [-0.4, -0.2) is 36.0 Å². The maximum atomic E-state index is 4.40. The molecule has 0 bridgehead atoms. The summed E-state index contributed by atoms with van der Waals surface area (Å²) in [5, 5.41) is 12.8. The summed E-state index contributed by atoms with van der Waals surface area (Å²) in [6, 6.07) is 0.381. The summed E-state index contributed by atoms with van der Waals surface area (Å²) in [6.45, 7) is 7.50. The second-order valence-corrected chi connectivity index (χ2v) is 6.39. The van der Waals surface area contributed by atoms with Gasteiger partial charge in [0.1, 0.15) is 12.2 Å². The number of likely N-dealkylation sites (tertiary alicyclic amines) is 1. The van der Waals surface area contributed by atoms with Crippen molar-refractivity contribution >= 4 is 0 Å². The van der Waals surface area contributed by atoms with Crippen LogP contribution in [0.2, 0.25) is 0 Å². The topological polar surface area (TPSA) is 51.8 Å². The number of aromatic nitrogens is 5. The molecule has 0 aromatic carbocycles. The van der Waals surface area contributed by atoms with Crippen LogP contribution in [0.3, 0.4) is 0 Å². The van der Waals surface area contributed by atoms with Crippen molar-refractivity contribution in [2.45, 2.75) is 45.8 Å². The Hall–Kier alpha value is -1.69. The van der Waals surface area contributed by atoms with Crippen molar-refractivity contribution in [1.29, 1.82) is 0 Å². The molecule has 3 rings (SSSR count). The normalized spacial score (nSPS) is 19.7. The molecule has 21 heavy (non-hydrogen) atoms. The van der Waals surface area contributed by atoms with Gasteiger partial charge in [-0.15, -0.1) is 10.2 Å². The van der Waals surface area contributed by atoms with Crippen LogP contribution in [0.15, 0.2) is 18.7 Å². The monoisotopic (exact) mass is 288 g/mol. The summed E-state index contributed by atoms with van der Waals surface area (Å²) >= 11 is 0. The molecule has 2 aromatic rings. The SMILES string of the molecule is CC(C)Cn1cnnc1[C@@H]1CCCN1Cc1cnn(C)c1. The van der Waals surface area contributed by atoms with Gasteiger partial charge in [-0.25, -0.2) is 0 Å². The minimum Gasteiger partial charge on any atom is -0.316 e. The van der Waals surface area contributed by atoms with E-state index in [9.17, 15) is 0 Å². The molecular formula is C15H24N6. The summed E-state index contributed by atoms with van der Waals surface area (Å²) in [5.41, 5.74) is 1.26. The first-order valence-corrected chi connectivity index (χ1v) is 7.72. The van der Waals surface area contributed by atoms with Gasteiger partial charge in [0.05, 0.1) is 12.2 Å². The zero-order valence-electron chi connectivity index (χ0n) is 13.1. The molecule has 0 unspecified atom stereocenters. The van der Waals surface area contributed by atoms with E-state index in [2.05, 4.69) is 44.8 Å². The van der Waals surface area contributed by atoms with Gasteiger partial charge < -0.3 is 4.57 Å². The van der Waals surface area contributed by atoms with E-state index in [-0.39, 0.29) is 0 Å². The predicted octanol–water partition coefficient (Wildman–Crippen LogP) is 2.00. The molecule has 0 spiro atoms. The van der Waals surface area contributed by atoms with Crippen LogP contribution in [0.25, 0.3) is 0 Å². The Labute approximate surface area is 125 Å². The van der Waals surface area contributed by atoms with E-state index < -0.39 is 0 Å². The molecule has 1 atom stereocenters. The average Bonchev–Trinajstić information content (AvgIpc) is 3.11. The molecule has 114 valence electrons. The minimum atomic E-state index is 0.381. The average molecular weight is 288 g/mol. The van der Waals surface area contributed by atoms with Gasteiger partial charge in [-0.3, -0.25) is 9.58 Å². The molecule has 6 heteroatoms. The highest BCUT2D eigenvalue weighted by Crippen LogP contribution is 2.32. The van der Waals surface area contributed by atoms with Crippen molar-refractivity contribution in [3.8, 4) is 0 Å². The van der Waals surface area contributed by atoms with E-state index in [0.29, 0.717) is 12.0 Å². The second-order valence-electron chi connectivity index (χ2n) is 6.39. The van der Waals surface area contributed by atoms with Crippen LogP contribution in [0.5, 0.6) is 0 Å². The lowest BCUT2D eigenvalue weighted by Gasteiger charge is -2.24. The van der Waals surface area contributed by atoms with Crippen LogP contribution >= 0.6 is 0 Å². The first kappa shape index (κ1) is 14.3. The molecule has 6 nitrogen and oxygen atoms in total. The molecule has 3 heterocycles. The van der Waals surface area contributed by atoms with Gasteiger partial charge in [0.25, 0.3) is 0 Å².